The molecule has 0 atom stereocenters. The van der Waals surface area contributed by atoms with Gasteiger partial charge in [-0.25, -0.2) is 4.99 Å². The largest absolute Gasteiger partial charge is 0.233 e. The quantitative estimate of drug-likeness (QED) is 0.735. The fourth-order valence-electron chi connectivity index (χ4n) is 0.877. The molecular formula is C8H4BrClN2S2. The molecule has 0 N–H and O–H groups in total. The highest BCUT2D eigenvalue weighted by Gasteiger charge is 1.99. The van der Waals surface area contributed by atoms with Crippen LogP contribution in [0.3, 0.4) is 0 Å². The zero-order valence-corrected chi connectivity index (χ0v) is 10.8. The molecular weight excluding hydrogens is 304 g/mol. The Balaban J connectivity index is 2.54. The highest BCUT2D eigenvalue weighted by molar-refractivity contribution is 9.10. The first-order valence-electron chi connectivity index (χ1n) is 3.68. The third kappa shape index (κ3) is 2.23. The van der Waals surface area contributed by atoms with Gasteiger partial charge in [0, 0.05) is 15.0 Å². The minimum Gasteiger partial charge on any atom is -0.233 e. The normalized spacial score (nSPS) is 12.0. The van der Waals surface area contributed by atoms with Crippen molar-refractivity contribution < 1.29 is 0 Å². The van der Waals surface area contributed by atoms with E-state index in [1.54, 1.807) is 0 Å². The van der Waals surface area contributed by atoms with Crippen molar-refractivity contribution in [1.82, 2.24) is 4.37 Å². The van der Waals surface area contributed by atoms with E-state index in [0.29, 0.717) is 5.15 Å². The maximum Gasteiger partial charge on any atom is 0.179 e. The van der Waals surface area contributed by atoms with Gasteiger partial charge in [-0.15, -0.1) is 0 Å². The maximum absolute atomic E-state index is 5.84. The number of hydrogen-bond donors (Lipinski definition) is 0. The van der Waals surface area contributed by atoms with Crippen LogP contribution >= 0.6 is 48.4 Å². The molecule has 1 heterocycles. The number of hydrogen-bond acceptors (Lipinski definition) is 4. The van der Waals surface area contributed by atoms with Crippen LogP contribution in [-0.4, -0.2) is 4.37 Å². The Morgan fingerprint density at radius 3 is 2.79 bits per heavy atom. The van der Waals surface area contributed by atoms with Crippen molar-refractivity contribution in [3.05, 3.63) is 38.6 Å². The molecule has 6 heteroatoms. The van der Waals surface area contributed by atoms with E-state index in [4.69, 9.17) is 11.6 Å². The SMILES string of the molecule is Clc1nssc1=Nc1ccccc1Br. The summed E-state index contributed by atoms with van der Waals surface area (Å²) in [5, 5.41) is 0.468. The number of nitrogens with zero attached hydrogens (tertiary/aromatic N) is 2. The molecule has 0 aliphatic carbocycles. The molecule has 0 fully saturated rings. The lowest BCUT2D eigenvalue weighted by Gasteiger charge is -1.94. The van der Waals surface area contributed by atoms with Crippen LogP contribution in [-0.2, 0) is 0 Å². The molecule has 0 aliphatic rings. The van der Waals surface area contributed by atoms with Gasteiger partial charge in [-0.1, -0.05) is 23.7 Å². The van der Waals surface area contributed by atoms with Crippen molar-refractivity contribution in [3.8, 4) is 0 Å². The first-order chi connectivity index (χ1) is 6.77. The molecule has 14 heavy (non-hydrogen) atoms. The first kappa shape index (κ1) is 10.3. The minimum absolute atomic E-state index is 0.468. The summed E-state index contributed by atoms with van der Waals surface area (Å²) in [6, 6.07) is 7.74. The molecule has 2 aromatic rings. The molecule has 0 saturated carbocycles. The molecule has 1 aromatic heterocycles. The third-order valence-corrected chi connectivity index (χ3v) is 4.33. The average Bonchev–Trinajstić information content (AvgIpc) is 2.56. The molecule has 0 radical (unpaired) electrons. The lowest BCUT2D eigenvalue weighted by Crippen LogP contribution is -1.92. The Morgan fingerprint density at radius 2 is 2.14 bits per heavy atom. The molecule has 0 bridgehead atoms. The highest BCUT2D eigenvalue weighted by Crippen LogP contribution is 2.24. The number of benzene rings is 1. The van der Waals surface area contributed by atoms with E-state index < -0.39 is 0 Å². The molecule has 0 spiro atoms. The summed E-state index contributed by atoms with van der Waals surface area (Å²) in [6.45, 7) is 0. The molecule has 2 nitrogen and oxygen atoms in total. The summed E-state index contributed by atoms with van der Waals surface area (Å²) in [5.74, 6) is 0. The zero-order valence-electron chi connectivity index (χ0n) is 6.78. The predicted molar refractivity (Wildman–Crippen MR) is 64.4 cm³/mol. The Hall–Kier alpha value is -0.230. The van der Waals surface area contributed by atoms with E-state index in [-0.39, 0.29) is 0 Å². The van der Waals surface area contributed by atoms with Crippen LogP contribution in [0.4, 0.5) is 5.69 Å². The van der Waals surface area contributed by atoms with E-state index in [9.17, 15) is 0 Å². The van der Waals surface area contributed by atoms with Crippen molar-refractivity contribution >= 4 is 54.1 Å². The van der Waals surface area contributed by atoms with E-state index in [1.807, 2.05) is 24.3 Å². The van der Waals surface area contributed by atoms with Crippen molar-refractivity contribution in [2.24, 2.45) is 4.99 Å². The van der Waals surface area contributed by atoms with E-state index in [0.717, 1.165) is 14.8 Å². The van der Waals surface area contributed by atoms with Gasteiger partial charge in [-0.3, -0.25) is 0 Å². The molecule has 2 rings (SSSR count). The van der Waals surface area contributed by atoms with Crippen LogP contribution in [0, 0.1) is 0 Å². The van der Waals surface area contributed by atoms with Gasteiger partial charge in [0.05, 0.1) is 5.69 Å². The van der Waals surface area contributed by atoms with Crippen LogP contribution < -0.4 is 4.67 Å². The minimum atomic E-state index is 0.468. The molecule has 0 unspecified atom stereocenters. The van der Waals surface area contributed by atoms with Gasteiger partial charge in [0.2, 0.25) is 0 Å². The van der Waals surface area contributed by atoms with Crippen molar-refractivity contribution in [1.29, 1.82) is 0 Å². The fraction of sp³-hybridized carbons (Fsp3) is 0. The Bertz CT molecular complexity index is 506. The van der Waals surface area contributed by atoms with E-state index >= 15 is 0 Å². The van der Waals surface area contributed by atoms with Crippen molar-refractivity contribution in [2.45, 2.75) is 0 Å². The topological polar surface area (TPSA) is 25.2 Å². The van der Waals surface area contributed by atoms with Gasteiger partial charge in [0.15, 0.2) is 9.82 Å². The van der Waals surface area contributed by atoms with Crippen LogP contribution in [0.1, 0.15) is 0 Å². The van der Waals surface area contributed by atoms with Gasteiger partial charge < -0.3 is 0 Å². The summed E-state index contributed by atoms with van der Waals surface area (Å²) in [6.07, 6.45) is 0. The summed E-state index contributed by atoms with van der Waals surface area (Å²) in [4.78, 5) is 4.39. The number of para-hydroxylation sites is 1. The molecule has 72 valence electrons. The second-order valence-electron chi connectivity index (χ2n) is 2.41. The molecule has 1 aromatic carbocycles. The van der Waals surface area contributed by atoms with Gasteiger partial charge in [-0.05, 0) is 38.4 Å². The number of rotatable bonds is 1. The molecule has 0 saturated heterocycles. The lowest BCUT2D eigenvalue weighted by molar-refractivity contribution is 1.36. The maximum atomic E-state index is 5.84. The van der Waals surface area contributed by atoms with E-state index in [1.165, 1.54) is 20.9 Å². The Labute approximate surface area is 102 Å². The average molecular weight is 308 g/mol. The van der Waals surface area contributed by atoms with Gasteiger partial charge in [0.25, 0.3) is 0 Å². The fourth-order valence-corrected chi connectivity index (χ4v) is 3.23. The smallest absolute Gasteiger partial charge is 0.179 e. The zero-order chi connectivity index (χ0) is 9.97. The third-order valence-electron chi connectivity index (χ3n) is 1.48. The summed E-state index contributed by atoms with van der Waals surface area (Å²) >= 11 is 9.26. The second kappa shape index (κ2) is 4.53. The van der Waals surface area contributed by atoms with Gasteiger partial charge in [-0.2, -0.15) is 4.37 Å². The van der Waals surface area contributed by atoms with E-state index in [2.05, 4.69) is 25.3 Å². The molecule has 0 aliphatic heterocycles. The Kier molecular flexibility index (Phi) is 3.33. The van der Waals surface area contributed by atoms with Crippen LogP contribution in [0.5, 0.6) is 0 Å². The van der Waals surface area contributed by atoms with Gasteiger partial charge >= 0.3 is 0 Å². The lowest BCUT2D eigenvalue weighted by atomic mass is 10.3. The summed E-state index contributed by atoms with van der Waals surface area (Å²) in [5.41, 5.74) is 0.867. The predicted octanol–water partition coefficient (Wildman–Crippen LogP) is 3.85. The highest BCUT2D eigenvalue weighted by atomic mass is 79.9. The van der Waals surface area contributed by atoms with Crippen LogP contribution in [0.2, 0.25) is 5.15 Å². The monoisotopic (exact) mass is 306 g/mol. The van der Waals surface area contributed by atoms with Gasteiger partial charge in [0.1, 0.15) is 0 Å². The van der Waals surface area contributed by atoms with Crippen LogP contribution in [0.25, 0.3) is 0 Å². The number of aromatic nitrogens is 1. The molecule has 0 amide bonds. The summed E-state index contributed by atoms with van der Waals surface area (Å²) in [7, 11) is 2.81. The van der Waals surface area contributed by atoms with Crippen molar-refractivity contribution in [3.63, 3.8) is 0 Å². The van der Waals surface area contributed by atoms with Crippen molar-refractivity contribution in [2.75, 3.05) is 0 Å². The summed E-state index contributed by atoms with van der Waals surface area (Å²) < 4.78 is 5.67. The standard InChI is InChI=1S/C8H4BrClN2S2/c9-5-3-1-2-4-6(5)11-8-7(10)12-14-13-8/h1-4H. The number of halogens is 2. The Morgan fingerprint density at radius 1 is 1.36 bits per heavy atom. The van der Waals surface area contributed by atoms with Crippen LogP contribution in [0.15, 0.2) is 33.7 Å². The first-order valence-corrected chi connectivity index (χ1v) is 6.96. The second-order valence-corrected chi connectivity index (χ2v) is 5.45.